The molecule has 3 aromatic carbocycles. The molecule has 0 saturated carbocycles. The molecule has 232 valence electrons. The van der Waals surface area contributed by atoms with Gasteiger partial charge < -0.3 is 19.6 Å². The van der Waals surface area contributed by atoms with Gasteiger partial charge in [-0.05, 0) is 107 Å². The van der Waals surface area contributed by atoms with Crippen molar-refractivity contribution < 1.29 is 0 Å². The highest BCUT2D eigenvalue weighted by Crippen LogP contribution is 2.48. The van der Waals surface area contributed by atoms with Crippen LogP contribution in [0.1, 0.15) is 30.0 Å². The van der Waals surface area contributed by atoms with Crippen LogP contribution in [0.3, 0.4) is 0 Å². The first-order valence-electron chi connectivity index (χ1n) is 15.4. The van der Waals surface area contributed by atoms with Crippen LogP contribution in [-0.4, -0.2) is 86.6 Å². The summed E-state index contributed by atoms with van der Waals surface area (Å²) >= 11 is 14.1. The molecule has 4 aromatic rings. The van der Waals surface area contributed by atoms with Crippen LogP contribution < -0.4 is 4.90 Å². The van der Waals surface area contributed by atoms with E-state index in [0.717, 1.165) is 48.2 Å². The highest BCUT2D eigenvalue weighted by atomic mass is 35.5. The van der Waals surface area contributed by atoms with Gasteiger partial charge >= 0.3 is 0 Å². The number of pyridine rings is 1. The minimum atomic E-state index is 0.320. The predicted molar refractivity (Wildman–Crippen MR) is 188 cm³/mol. The largest absolute Gasteiger partial charge is 0.340 e. The number of para-hydroxylation sites is 1. The quantitative estimate of drug-likeness (QED) is 0.181. The summed E-state index contributed by atoms with van der Waals surface area (Å²) in [5.74, 6) is 0.320. The van der Waals surface area contributed by atoms with Crippen molar-refractivity contribution in [3.8, 4) is 0 Å². The minimum Gasteiger partial charge on any atom is -0.340 e. The number of aromatic nitrogens is 1. The van der Waals surface area contributed by atoms with E-state index in [0.29, 0.717) is 5.92 Å². The molecule has 5 nitrogen and oxygen atoms in total. The Labute approximate surface area is 277 Å². The van der Waals surface area contributed by atoms with Gasteiger partial charge in [0.15, 0.2) is 0 Å². The normalized spacial score (nSPS) is 15.7. The molecule has 0 unspecified atom stereocenters. The van der Waals surface area contributed by atoms with E-state index in [1.165, 1.54) is 52.9 Å². The minimum absolute atomic E-state index is 0.320. The average Bonchev–Trinajstić information content (AvgIpc) is 3.03. The number of rotatable bonds is 9. The maximum absolute atomic E-state index is 6.29. The Morgan fingerprint density at radius 3 is 2.23 bits per heavy atom. The van der Waals surface area contributed by atoms with E-state index in [-0.39, 0.29) is 0 Å². The lowest BCUT2D eigenvalue weighted by Gasteiger charge is -2.35. The maximum atomic E-state index is 6.29. The highest BCUT2D eigenvalue weighted by Gasteiger charge is 2.23. The van der Waals surface area contributed by atoms with Gasteiger partial charge in [0.25, 0.3) is 0 Å². The summed E-state index contributed by atoms with van der Waals surface area (Å²) in [6.07, 6.45) is 4.06. The summed E-state index contributed by atoms with van der Waals surface area (Å²) in [6, 6.07) is 29.1. The lowest BCUT2D eigenvalue weighted by Crippen LogP contribution is -2.45. The van der Waals surface area contributed by atoms with E-state index in [4.69, 9.17) is 23.2 Å². The fourth-order valence-corrected chi connectivity index (χ4v) is 7.09. The molecule has 2 aliphatic heterocycles. The monoisotopic (exact) mass is 647 g/mol. The van der Waals surface area contributed by atoms with E-state index in [1.54, 1.807) is 0 Å². The third-order valence-electron chi connectivity index (χ3n) is 8.22. The molecule has 1 saturated heterocycles. The van der Waals surface area contributed by atoms with Gasteiger partial charge in [0.2, 0.25) is 0 Å². The van der Waals surface area contributed by atoms with Crippen LogP contribution in [-0.2, 0) is 0 Å². The van der Waals surface area contributed by atoms with Crippen molar-refractivity contribution in [2.45, 2.75) is 28.6 Å². The molecule has 44 heavy (non-hydrogen) atoms. The topological polar surface area (TPSA) is 25.9 Å². The molecule has 0 amide bonds. The second-order valence-corrected chi connectivity index (χ2v) is 13.7. The van der Waals surface area contributed by atoms with E-state index in [1.807, 2.05) is 48.3 Å². The molecule has 3 heterocycles. The van der Waals surface area contributed by atoms with Gasteiger partial charge in [-0.1, -0.05) is 65.3 Å². The second-order valence-electron chi connectivity index (χ2n) is 11.8. The van der Waals surface area contributed by atoms with E-state index >= 15 is 0 Å². The molecule has 2 aliphatic rings. The summed E-state index contributed by atoms with van der Waals surface area (Å²) in [5.41, 5.74) is 4.94. The van der Waals surface area contributed by atoms with Crippen molar-refractivity contribution in [1.82, 2.24) is 19.7 Å². The average molecular weight is 649 g/mol. The van der Waals surface area contributed by atoms with Crippen molar-refractivity contribution in [3.05, 3.63) is 112 Å². The molecule has 1 atom stereocenters. The van der Waals surface area contributed by atoms with E-state index in [2.05, 4.69) is 100 Å². The molecule has 0 bridgehead atoms. The smallest absolute Gasteiger partial charge is 0.0567 e. The number of piperazine rings is 1. The molecule has 1 fully saturated rings. The predicted octanol–water partition coefficient (Wildman–Crippen LogP) is 8.40. The Morgan fingerprint density at radius 1 is 0.795 bits per heavy atom. The molecule has 0 aliphatic carbocycles. The second kappa shape index (κ2) is 16.1. The van der Waals surface area contributed by atoms with E-state index < -0.39 is 0 Å². The fourth-order valence-electron chi connectivity index (χ4n) is 5.72. The Balaban J connectivity index is 0.000000182. The Hall–Kier alpha value is -2.58. The van der Waals surface area contributed by atoms with Gasteiger partial charge in [0.05, 0.1) is 11.4 Å². The van der Waals surface area contributed by atoms with Gasteiger partial charge in [0, 0.05) is 70.4 Å². The van der Waals surface area contributed by atoms with Crippen LogP contribution in [0.2, 0.25) is 10.0 Å². The number of likely N-dealkylation sites (N-methyl/N-ethyl adjacent to an activating group) is 1. The first-order valence-corrected chi connectivity index (χ1v) is 17.0. The van der Waals surface area contributed by atoms with Crippen molar-refractivity contribution in [2.75, 3.05) is 71.9 Å². The number of nitrogens with zero attached hydrogens (tertiary/aromatic N) is 5. The van der Waals surface area contributed by atoms with Gasteiger partial charge in [-0.2, -0.15) is 0 Å². The Kier molecular flexibility index (Phi) is 12.0. The summed E-state index contributed by atoms with van der Waals surface area (Å²) in [6.45, 7) is 7.95. The molecule has 0 spiro atoms. The first kappa shape index (κ1) is 32.8. The van der Waals surface area contributed by atoms with Crippen molar-refractivity contribution in [2.24, 2.45) is 0 Å². The molecule has 6 rings (SSSR count). The van der Waals surface area contributed by atoms with Crippen LogP contribution in [0.25, 0.3) is 0 Å². The summed E-state index contributed by atoms with van der Waals surface area (Å²) in [5, 5.41) is 1.58. The molecule has 0 N–H and O–H groups in total. The van der Waals surface area contributed by atoms with Gasteiger partial charge in [-0.15, -0.1) is 0 Å². The molecule has 8 heteroatoms. The zero-order valence-electron chi connectivity index (χ0n) is 26.0. The summed E-state index contributed by atoms with van der Waals surface area (Å²) in [7, 11) is 6.40. The van der Waals surface area contributed by atoms with Gasteiger partial charge in [0.1, 0.15) is 0 Å². The maximum Gasteiger partial charge on any atom is 0.0567 e. The zero-order valence-corrected chi connectivity index (χ0v) is 28.3. The third-order valence-corrected chi connectivity index (χ3v) is 9.84. The number of hydrogen-bond acceptors (Lipinski definition) is 6. The van der Waals surface area contributed by atoms with Crippen LogP contribution in [0.15, 0.2) is 101 Å². The SMILES string of the molecule is CN(C)CC[C@@H](c1ccc(Cl)cc1)c1ccccn1.CN1CCN(CCCN2c3ccccc3Sc3ccc(Cl)cc32)CC1. The molecular formula is C36H43Cl2N5S. The number of benzene rings is 3. The standard InChI is InChI=1S/C20H24ClN3S.C16H19ClN2/c1-22-11-13-23(14-12-22)9-4-10-24-17-5-2-3-6-19(17)25-20-8-7-16(21)15-18(20)24;1-19(2)12-10-15(16-5-3-4-11-18-16)13-6-8-14(17)9-7-13/h2-3,5-8,15H,4,9-14H2,1H3;3-9,11,15H,10,12H2,1-2H3/t;15-/m.0/s1. The number of fused-ring (bicyclic) bond motifs is 2. The van der Waals surface area contributed by atoms with Crippen LogP contribution >= 0.6 is 35.0 Å². The number of anilines is 2. The first-order chi connectivity index (χ1) is 21.4. The highest BCUT2D eigenvalue weighted by molar-refractivity contribution is 7.99. The van der Waals surface area contributed by atoms with E-state index in [9.17, 15) is 0 Å². The zero-order chi connectivity index (χ0) is 30.9. The fraction of sp³-hybridized carbons (Fsp3) is 0.361. The van der Waals surface area contributed by atoms with Crippen LogP contribution in [0, 0.1) is 0 Å². The van der Waals surface area contributed by atoms with Crippen LogP contribution in [0.5, 0.6) is 0 Å². The molecule has 1 aromatic heterocycles. The number of halogens is 2. The molecule has 0 radical (unpaired) electrons. The number of hydrogen-bond donors (Lipinski definition) is 0. The van der Waals surface area contributed by atoms with Gasteiger partial charge in [-0.3, -0.25) is 4.98 Å². The van der Waals surface area contributed by atoms with Crippen molar-refractivity contribution in [3.63, 3.8) is 0 Å². The third kappa shape index (κ3) is 9.00. The lowest BCUT2D eigenvalue weighted by molar-refractivity contribution is 0.153. The van der Waals surface area contributed by atoms with Crippen LogP contribution in [0.4, 0.5) is 11.4 Å². The Morgan fingerprint density at radius 2 is 1.50 bits per heavy atom. The van der Waals surface area contributed by atoms with Crippen molar-refractivity contribution >= 4 is 46.3 Å². The Bertz CT molecular complexity index is 1460. The molecular weight excluding hydrogens is 605 g/mol. The summed E-state index contributed by atoms with van der Waals surface area (Å²) < 4.78 is 0. The van der Waals surface area contributed by atoms with Crippen molar-refractivity contribution in [1.29, 1.82) is 0 Å². The summed E-state index contributed by atoms with van der Waals surface area (Å²) in [4.78, 5) is 16.8. The van der Waals surface area contributed by atoms with Gasteiger partial charge in [-0.25, -0.2) is 0 Å². The lowest BCUT2D eigenvalue weighted by atomic mass is 9.92.